The van der Waals surface area contributed by atoms with Crippen LogP contribution in [0.4, 0.5) is 5.69 Å². The van der Waals surface area contributed by atoms with E-state index in [-0.39, 0.29) is 0 Å². The lowest BCUT2D eigenvalue weighted by Gasteiger charge is -2.11. The number of anilines is 1. The van der Waals surface area contributed by atoms with Crippen LogP contribution in [0.5, 0.6) is 11.6 Å². The van der Waals surface area contributed by atoms with Crippen LogP contribution >= 0.6 is 0 Å². The largest absolute Gasteiger partial charge is 0.439 e. The lowest BCUT2D eigenvalue weighted by Crippen LogP contribution is -1.98. The van der Waals surface area contributed by atoms with Gasteiger partial charge in [-0.1, -0.05) is 13.8 Å². The summed E-state index contributed by atoms with van der Waals surface area (Å²) in [6, 6.07) is 5.72. The Morgan fingerprint density at radius 1 is 1.05 bits per heavy atom. The van der Waals surface area contributed by atoms with Crippen LogP contribution in [0, 0.1) is 13.8 Å². The molecule has 1 heterocycles. The number of nitrogens with zero attached hydrogens (tertiary/aromatic N) is 2. The quantitative estimate of drug-likeness (QED) is 0.853. The molecule has 2 rings (SSSR count). The minimum absolute atomic E-state index is 0.347. The maximum absolute atomic E-state index is 5.87. The molecular weight excluding hydrogens is 238 g/mol. The van der Waals surface area contributed by atoms with Crippen molar-refractivity contribution in [2.24, 2.45) is 0 Å². The van der Waals surface area contributed by atoms with Crippen LogP contribution in [-0.4, -0.2) is 9.97 Å². The monoisotopic (exact) mass is 257 g/mol. The van der Waals surface area contributed by atoms with Crippen molar-refractivity contribution in [2.45, 2.75) is 33.6 Å². The van der Waals surface area contributed by atoms with Crippen molar-refractivity contribution in [1.82, 2.24) is 9.97 Å². The maximum atomic E-state index is 5.87. The molecule has 0 aliphatic rings. The number of hydrogen-bond donors (Lipinski definition) is 1. The van der Waals surface area contributed by atoms with Crippen molar-refractivity contribution in [3.05, 3.63) is 41.3 Å². The smallest absolute Gasteiger partial charge is 0.222 e. The Kier molecular flexibility index (Phi) is 3.69. The van der Waals surface area contributed by atoms with E-state index < -0.39 is 0 Å². The average molecular weight is 257 g/mol. The first-order chi connectivity index (χ1) is 8.97. The molecule has 0 spiro atoms. The van der Waals surface area contributed by atoms with Crippen LogP contribution in [0.25, 0.3) is 0 Å². The first kappa shape index (κ1) is 13.3. The third kappa shape index (κ3) is 3.02. The molecule has 0 saturated carbocycles. The van der Waals surface area contributed by atoms with Crippen LogP contribution in [0.1, 0.15) is 36.6 Å². The van der Waals surface area contributed by atoms with E-state index in [1.165, 1.54) is 6.33 Å². The molecule has 1 aromatic heterocycles. The fourth-order valence-corrected chi connectivity index (χ4v) is 1.76. The zero-order valence-corrected chi connectivity index (χ0v) is 11.8. The zero-order valence-electron chi connectivity index (χ0n) is 11.8. The first-order valence-electron chi connectivity index (χ1n) is 6.34. The molecular formula is C15H19N3O. The normalized spacial score (nSPS) is 10.8. The molecule has 0 aliphatic heterocycles. The van der Waals surface area contributed by atoms with E-state index in [2.05, 4.69) is 23.8 Å². The van der Waals surface area contributed by atoms with Gasteiger partial charge in [0.1, 0.15) is 12.1 Å². The van der Waals surface area contributed by atoms with Crippen LogP contribution in [0.2, 0.25) is 0 Å². The fraction of sp³-hybridized carbons (Fsp3) is 0.333. The number of rotatable bonds is 3. The Hall–Kier alpha value is -2.10. The van der Waals surface area contributed by atoms with Crippen molar-refractivity contribution in [3.8, 4) is 11.6 Å². The maximum Gasteiger partial charge on any atom is 0.222 e. The third-order valence-corrected chi connectivity index (χ3v) is 3.03. The predicted octanol–water partition coefficient (Wildman–Crippen LogP) is 3.59. The number of hydrogen-bond acceptors (Lipinski definition) is 4. The fourth-order valence-electron chi connectivity index (χ4n) is 1.76. The van der Waals surface area contributed by atoms with E-state index in [9.17, 15) is 0 Å². The summed E-state index contributed by atoms with van der Waals surface area (Å²) in [4.78, 5) is 8.37. The lowest BCUT2D eigenvalue weighted by atomic mass is 10.1. The van der Waals surface area contributed by atoms with Crippen LogP contribution < -0.4 is 10.5 Å². The zero-order chi connectivity index (χ0) is 14.0. The molecule has 1 aromatic carbocycles. The molecule has 0 fully saturated rings. The summed E-state index contributed by atoms with van der Waals surface area (Å²) < 4.78 is 5.83. The topological polar surface area (TPSA) is 61.0 Å². The second kappa shape index (κ2) is 5.26. The molecule has 4 heteroatoms. The molecule has 19 heavy (non-hydrogen) atoms. The van der Waals surface area contributed by atoms with E-state index in [4.69, 9.17) is 10.5 Å². The Morgan fingerprint density at radius 2 is 1.79 bits per heavy atom. The van der Waals surface area contributed by atoms with E-state index in [1.807, 2.05) is 32.0 Å². The number of aromatic nitrogens is 2. The summed E-state index contributed by atoms with van der Waals surface area (Å²) >= 11 is 0. The molecule has 0 amide bonds. The highest BCUT2D eigenvalue weighted by Gasteiger charge is 2.08. The summed E-state index contributed by atoms with van der Waals surface area (Å²) in [7, 11) is 0. The highest BCUT2D eigenvalue weighted by molar-refractivity contribution is 5.54. The molecule has 2 N–H and O–H groups in total. The number of benzene rings is 1. The Bertz CT molecular complexity index is 594. The predicted molar refractivity (Wildman–Crippen MR) is 76.5 cm³/mol. The van der Waals surface area contributed by atoms with Gasteiger partial charge >= 0.3 is 0 Å². The second-order valence-electron chi connectivity index (χ2n) is 5.01. The van der Waals surface area contributed by atoms with Crippen LogP contribution in [-0.2, 0) is 0 Å². The average Bonchev–Trinajstić information content (AvgIpc) is 2.36. The minimum atomic E-state index is 0.347. The van der Waals surface area contributed by atoms with Crippen LogP contribution in [0.3, 0.4) is 0 Å². The summed E-state index contributed by atoms with van der Waals surface area (Å²) in [5, 5.41) is 0. The molecule has 0 radical (unpaired) electrons. The second-order valence-corrected chi connectivity index (χ2v) is 5.01. The number of nitrogens with two attached hydrogens (primary N) is 1. The molecule has 100 valence electrons. The molecule has 0 aliphatic carbocycles. The Balaban J connectivity index is 2.31. The van der Waals surface area contributed by atoms with Gasteiger partial charge in [0.15, 0.2) is 0 Å². The van der Waals surface area contributed by atoms with Gasteiger partial charge in [-0.3, -0.25) is 0 Å². The Labute approximate surface area is 113 Å². The number of aryl methyl sites for hydroxylation is 2. The van der Waals surface area contributed by atoms with E-state index >= 15 is 0 Å². The molecule has 4 nitrogen and oxygen atoms in total. The molecule has 0 atom stereocenters. The minimum Gasteiger partial charge on any atom is -0.439 e. The van der Waals surface area contributed by atoms with E-state index in [0.717, 1.165) is 28.3 Å². The van der Waals surface area contributed by atoms with Crippen molar-refractivity contribution in [3.63, 3.8) is 0 Å². The lowest BCUT2D eigenvalue weighted by molar-refractivity contribution is 0.456. The molecule has 0 bridgehead atoms. The summed E-state index contributed by atoms with van der Waals surface area (Å²) in [6.07, 6.45) is 1.53. The van der Waals surface area contributed by atoms with Crippen molar-refractivity contribution >= 4 is 5.69 Å². The molecule has 0 saturated heterocycles. The van der Waals surface area contributed by atoms with Gasteiger partial charge in [0, 0.05) is 11.8 Å². The van der Waals surface area contributed by atoms with E-state index in [0.29, 0.717) is 11.8 Å². The first-order valence-corrected chi connectivity index (χ1v) is 6.34. The highest BCUT2D eigenvalue weighted by atomic mass is 16.5. The van der Waals surface area contributed by atoms with Gasteiger partial charge in [0.2, 0.25) is 5.88 Å². The van der Waals surface area contributed by atoms with Gasteiger partial charge in [-0.25, -0.2) is 9.97 Å². The van der Waals surface area contributed by atoms with E-state index in [1.54, 1.807) is 0 Å². The Morgan fingerprint density at radius 3 is 2.47 bits per heavy atom. The van der Waals surface area contributed by atoms with Crippen LogP contribution in [0.15, 0.2) is 24.5 Å². The van der Waals surface area contributed by atoms with Crippen molar-refractivity contribution < 1.29 is 4.74 Å². The van der Waals surface area contributed by atoms with Gasteiger partial charge in [-0.05, 0) is 43.0 Å². The molecule has 2 aromatic rings. The molecule has 0 unspecified atom stereocenters. The van der Waals surface area contributed by atoms with Crippen molar-refractivity contribution in [2.75, 3.05) is 5.73 Å². The van der Waals surface area contributed by atoms with Gasteiger partial charge in [0.25, 0.3) is 0 Å². The van der Waals surface area contributed by atoms with Gasteiger partial charge in [-0.15, -0.1) is 0 Å². The highest BCUT2D eigenvalue weighted by Crippen LogP contribution is 2.28. The number of nitrogen functional groups attached to an aromatic ring is 1. The number of ether oxygens (including phenoxy) is 1. The van der Waals surface area contributed by atoms with Gasteiger partial charge in [0.05, 0.1) is 5.69 Å². The summed E-state index contributed by atoms with van der Waals surface area (Å²) in [5.41, 5.74) is 9.60. The standard InChI is InChI=1S/C15H19N3O/c1-9(2)13-7-15(18-8-17-13)19-14-6-10(3)12(16)5-11(14)4/h5-9H,16H2,1-4H3. The van der Waals surface area contributed by atoms with Gasteiger partial charge in [-0.2, -0.15) is 0 Å². The summed E-state index contributed by atoms with van der Waals surface area (Å²) in [5.74, 6) is 1.69. The summed E-state index contributed by atoms with van der Waals surface area (Å²) in [6.45, 7) is 8.10. The SMILES string of the molecule is Cc1cc(Oc2cc(C(C)C)ncn2)c(C)cc1N. The third-order valence-electron chi connectivity index (χ3n) is 3.03. The van der Waals surface area contributed by atoms with Gasteiger partial charge < -0.3 is 10.5 Å². The van der Waals surface area contributed by atoms with Crippen molar-refractivity contribution in [1.29, 1.82) is 0 Å².